The lowest BCUT2D eigenvalue weighted by molar-refractivity contribution is -0.384. The molecule has 0 radical (unpaired) electrons. The van der Waals surface area contributed by atoms with E-state index < -0.39 is 11.0 Å². The van der Waals surface area contributed by atoms with Crippen LogP contribution in [0.5, 0.6) is 0 Å². The van der Waals surface area contributed by atoms with Gasteiger partial charge in [0.1, 0.15) is 5.71 Å². The Balaban J connectivity index is 1.52. The summed E-state index contributed by atoms with van der Waals surface area (Å²) in [5.41, 5.74) is 1.47. The predicted molar refractivity (Wildman–Crippen MR) is 90.3 cm³/mol. The third kappa shape index (κ3) is 3.72. The Labute approximate surface area is 146 Å². The topological polar surface area (TPSA) is 93.8 Å². The van der Waals surface area contributed by atoms with Gasteiger partial charge in [0, 0.05) is 25.1 Å². The number of rotatable bonds is 5. The van der Waals surface area contributed by atoms with Crippen molar-refractivity contribution in [2.24, 2.45) is 5.16 Å². The highest BCUT2D eigenvalue weighted by atomic mass is 35.5. The number of halogens is 1. The van der Waals surface area contributed by atoms with E-state index in [0.29, 0.717) is 16.5 Å². The number of carbonyl (C=O) groups excluding carboxylic acids is 1. The van der Waals surface area contributed by atoms with Crippen LogP contribution in [0.25, 0.3) is 0 Å². The molecule has 124 valence electrons. The zero-order valence-electron chi connectivity index (χ0n) is 12.3. The molecule has 0 aliphatic carbocycles. The summed E-state index contributed by atoms with van der Waals surface area (Å²) in [4.78, 5) is 28.3. The summed E-state index contributed by atoms with van der Waals surface area (Å²) in [6, 6.07) is 9.61. The van der Waals surface area contributed by atoms with Crippen molar-refractivity contribution in [1.82, 2.24) is 5.32 Å². The van der Waals surface area contributed by atoms with Crippen molar-refractivity contribution in [3.63, 3.8) is 0 Å². The summed E-state index contributed by atoms with van der Waals surface area (Å²) in [6.45, 7) is 0.261. The van der Waals surface area contributed by atoms with E-state index in [2.05, 4.69) is 10.5 Å². The molecule has 1 aliphatic heterocycles. The Kier molecular flexibility index (Phi) is 4.77. The largest absolute Gasteiger partial charge is 0.382 e. The lowest BCUT2D eigenvalue weighted by atomic mass is 10.1. The molecule has 0 fully saturated rings. The molecule has 24 heavy (non-hydrogen) atoms. The number of oxime groups is 1. The molecule has 0 spiro atoms. The fourth-order valence-electron chi connectivity index (χ4n) is 2.17. The van der Waals surface area contributed by atoms with Crippen LogP contribution in [0.3, 0.4) is 0 Å². The van der Waals surface area contributed by atoms with Crippen LogP contribution in [0.2, 0.25) is 4.34 Å². The lowest BCUT2D eigenvalue weighted by Gasteiger charge is -2.09. The summed E-state index contributed by atoms with van der Waals surface area (Å²) >= 11 is 7.27. The number of non-ortho nitro benzene ring substituents is 1. The number of carbonyl (C=O) groups is 1. The van der Waals surface area contributed by atoms with E-state index in [1.807, 2.05) is 6.07 Å². The summed E-state index contributed by atoms with van der Waals surface area (Å²) in [6.07, 6.45) is -0.304. The number of amides is 1. The first-order chi connectivity index (χ1) is 11.5. The van der Waals surface area contributed by atoms with Crippen molar-refractivity contribution in [3.05, 3.63) is 61.3 Å². The first-order valence-corrected chi connectivity index (χ1v) is 8.22. The summed E-state index contributed by atoms with van der Waals surface area (Å²) in [5, 5.41) is 17.3. The Morgan fingerprint density at radius 2 is 2.12 bits per heavy atom. The van der Waals surface area contributed by atoms with Gasteiger partial charge in [-0.2, -0.15) is 0 Å². The predicted octanol–water partition coefficient (Wildman–Crippen LogP) is 3.12. The Morgan fingerprint density at radius 1 is 1.38 bits per heavy atom. The van der Waals surface area contributed by atoms with Crippen molar-refractivity contribution in [3.8, 4) is 0 Å². The SMILES string of the molecule is O=C(NCc1ccc([N+](=O)[O-])cc1)[C@@H]1CC(c2ccc(Cl)s2)=NO1. The molecular weight excluding hydrogens is 354 g/mol. The maximum absolute atomic E-state index is 12.1. The molecule has 2 heterocycles. The van der Waals surface area contributed by atoms with Crippen LogP contribution in [-0.4, -0.2) is 22.6 Å². The lowest BCUT2D eigenvalue weighted by Crippen LogP contribution is -2.34. The Hall–Kier alpha value is -2.45. The van der Waals surface area contributed by atoms with Gasteiger partial charge in [0.25, 0.3) is 11.6 Å². The monoisotopic (exact) mass is 365 g/mol. The van der Waals surface area contributed by atoms with Gasteiger partial charge in [0.05, 0.1) is 14.1 Å². The van der Waals surface area contributed by atoms with E-state index in [1.54, 1.807) is 18.2 Å². The Morgan fingerprint density at radius 3 is 2.75 bits per heavy atom. The van der Waals surface area contributed by atoms with E-state index in [-0.39, 0.29) is 18.1 Å². The summed E-state index contributed by atoms with van der Waals surface area (Å²) in [7, 11) is 0. The van der Waals surface area contributed by atoms with Gasteiger partial charge in [0.15, 0.2) is 0 Å². The number of thiophene rings is 1. The number of hydrogen-bond acceptors (Lipinski definition) is 6. The Bertz CT molecular complexity index is 803. The van der Waals surface area contributed by atoms with E-state index in [0.717, 1.165) is 10.4 Å². The minimum atomic E-state index is -0.682. The molecule has 7 nitrogen and oxygen atoms in total. The van der Waals surface area contributed by atoms with Crippen LogP contribution in [0.15, 0.2) is 41.6 Å². The van der Waals surface area contributed by atoms with Gasteiger partial charge in [0.2, 0.25) is 6.10 Å². The van der Waals surface area contributed by atoms with Crippen LogP contribution in [0.4, 0.5) is 5.69 Å². The molecule has 9 heteroatoms. The average Bonchev–Trinajstić information content (AvgIpc) is 3.22. The standard InChI is InChI=1S/C15H12ClN3O4S/c16-14-6-5-13(24-14)11-7-12(23-18-11)15(20)17-8-9-1-3-10(4-2-9)19(21)22/h1-6,12H,7-8H2,(H,17,20)/t12-/m0/s1. The smallest absolute Gasteiger partial charge is 0.269 e. The second-order valence-corrected chi connectivity index (χ2v) is 6.80. The third-order valence-corrected chi connectivity index (χ3v) is 4.71. The highest BCUT2D eigenvalue weighted by Gasteiger charge is 2.29. The van der Waals surface area contributed by atoms with Crippen LogP contribution in [0.1, 0.15) is 16.9 Å². The van der Waals surface area contributed by atoms with Crippen LogP contribution in [-0.2, 0) is 16.2 Å². The molecular formula is C15H12ClN3O4S. The average molecular weight is 366 g/mol. The normalized spacial score (nSPS) is 16.4. The first kappa shape index (κ1) is 16.4. The molecule has 1 atom stereocenters. The maximum Gasteiger partial charge on any atom is 0.269 e. The first-order valence-electron chi connectivity index (χ1n) is 7.02. The number of benzene rings is 1. The van der Waals surface area contributed by atoms with Gasteiger partial charge in [-0.05, 0) is 17.7 Å². The number of hydrogen-bond donors (Lipinski definition) is 1. The van der Waals surface area contributed by atoms with Gasteiger partial charge in [-0.1, -0.05) is 28.9 Å². The number of nitrogens with one attached hydrogen (secondary N) is 1. The molecule has 0 saturated carbocycles. The molecule has 1 aromatic carbocycles. The van der Waals surface area contributed by atoms with Crippen molar-refractivity contribution in [2.45, 2.75) is 19.1 Å². The van der Waals surface area contributed by atoms with Gasteiger partial charge in [-0.15, -0.1) is 11.3 Å². The molecule has 2 aromatic rings. The fraction of sp³-hybridized carbons (Fsp3) is 0.200. The minimum Gasteiger partial charge on any atom is -0.382 e. The molecule has 3 rings (SSSR count). The van der Waals surface area contributed by atoms with Crippen molar-refractivity contribution >= 4 is 40.2 Å². The van der Waals surface area contributed by atoms with Crippen LogP contribution >= 0.6 is 22.9 Å². The van der Waals surface area contributed by atoms with Gasteiger partial charge >= 0.3 is 0 Å². The molecule has 0 unspecified atom stereocenters. The quantitative estimate of drug-likeness (QED) is 0.650. The zero-order chi connectivity index (χ0) is 17.1. The molecule has 1 aliphatic rings. The third-order valence-electron chi connectivity index (χ3n) is 3.43. The summed E-state index contributed by atoms with van der Waals surface area (Å²) < 4.78 is 0.652. The highest BCUT2D eigenvalue weighted by Crippen LogP contribution is 2.26. The minimum absolute atomic E-state index is 0.0110. The second kappa shape index (κ2) is 6.98. The van der Waals surface area contributed by atoms with Crippen molar-refractivity contribution in [2.75, 3.05) is 0 Å². The molecule has 0 saturated heterocycles. The zero-order valence-corrected chi connectivity index (χ0v) is 13.8. The number of nitro benzene ring substituents is 1. The molecule has 1 aromatic heterocycles. The van der Waals surface area contributed by atoms with E-state index >= 15 is 0 Å². The molecule has 1 amide bonds. The number of nitrogens with zero attached hydrogens (tertiary/aromatic N) is 2. The summed E-state index contributed by atoms with van der Waals surface area (Å²) in [5.74, 6) is -0.283. The van der Waals surface area contributed by atoms with Gasteiger partial charge in [-0.3, -0.25) is 14.9 Å². The van der Waals surface area contributed by atoms with Crippen LogP contribution < -0.4 is 5.32 Å². The van der Waals surface area contributed by atoms with Gasteiger partial charge < -0.3 is 10.2 Å². The maximum atomic E-state index is 12.1. The second-order valence-electron chi connectivity index (χ2n) is 5.08. The van der Waals surface area contributed by atoms with E-state index in [4.69, 9.17) is 16.4 Å². The van der Waals surface area contributed by atoms with Crippen molar-refractivity contribution in [1.29, 1.82) is 0 Å². The fourth-order valence-corrected chi connectivity index (χ4v) is 3.20. The van der Waals surface area contributed by atoms with E-state index in [1.165, 1.54) is 23.5 Å². The van der Waals surface area contributed by atoms with Gasteiger partial charge in [-0.25, -0.2) is 0 Å². The highest BCUT2D eigenvalue weighted by molar-refractivity contribution is 7.18. The molecule has 0 bridgehead atoms. The van der Waals surface area contributed by atoms with E-state index in [9.17, 15) is 14.9 Å². The molecule has 1 N–H and O–H groups in total. The van der Waals surface area contributed by atoms with Crippen LogP contribution in [0, 0.1) is 10.1 Å². The number of nitro groups is 1. The van der Waals surface area contributed by atoms with Crippen molar-refractivity contribution < 1.29 is 14.6 Å².